The van der Waals surface area contributed by atoms with Crippen molar-refractivity contribution >= 4 is 11.8 Å². The van der Waals surface area contributed by atoms with Gasteiger partial charge < -0.3 is 14.0 Å². The number of benzene rings is 1. The highest BCUT2D eigenvalue weighted by Crippen LogP contribution is 2.45. The molecule has 1 aromatic carbocycles. The van der Waals surface area contributed by atoms with Crippen LogP contribution >= 0.6 is 0 Å². The van der Waals surface area contributed by atoms with Gasteiger partial charge in [0.25, 0.3) is 0 Å². The summed E-state index contributed by atoms with van der Waals surface area (Å²) in [5.74, 6) is -0.835. The van der Waals surface area contributed by atoms with Gasteiger partial charge in [-0.15, -0.1) is 0 Å². The van der Waals surface area contributed by atoms with Crippen LogP contribution < -0.4 is 4.74 Å². The Balaban J connectivity index is 1.50. The number of cyclic esters (lactones) is 1. The molecule has 0 spiro atoms. The molecule has 2 aliphatic rings. The van der Waals surface area contributed by atoms with Crippen molar-refractivity contribution in [2.45, 2.75) is 83.8 Å². The highest BCUT2D eigenvalue weighted by atomic mass is 19.1. The molecule has 6 nitrogen and oxygen atoms in total. The minimum atomic E-state index is -0.853. The van der Waals surface area contributed by atoms with Crippen LogP contribution in [0.1, 0.15) is 69.4 Å². The molecule has 1 aliphatic carbocycles. The molecular weight excluding hydrogens is 425 g/mol. The van der Waals surface area contributed by atoms with E-state index < -0.39 is 23.3 Å². The summed E-state index contributed by atoms with van der Waals surface area (Å²) in [6.45, 7) is 5.47. The van der Waals surface area contributed by atoms with Crippen LogP contribution in [0.15, 0.2) is 28.8 Å². The molecule has 1 saturated carbocycles. The first-order valence-corrected chi connectivity index (χ1v) is 11.9. The summed E-state index contributed by atoms with van der Waals surface area (Å²) < 4.78 is 31.1. The molecule has 0 radical (unpaired) electrons. The van der Waals surface area contributed by atoms with E-state index in [9.17, 15) is 14.0 Å². The Hall–Kier alpha value is -2.70. The molecule has 0 amide bonds. The lowest BCUT2D eigenvalue weighted by Crippen LogP contribution is -2.52. The maximum Gasteiger partial charge on any atom is 0.317 e. The van der Waals surface area contributed by atoms with Crippen LogP contribution in [0, 0.1) is 24.6 Å². The van der Waals surface area contributed by atoms with Gasteiger partial charge in [-0.2, -0.15) is 0 Å². The summed E-state index contributed by atoms with van der Waals surface area (Å²) >= 11 is 0. The molecule has 2 fully saturated rings. The van der Waals surface area contributed by atoms with E-state index in [2.05, 4.69) is 5.16 Å². The van der Waals surface area contributed by atoms with Crippen LogP contribution in [0.4, 0.5) is 4.39 Å². The molecule has 1 aromatic heterocycles. The zero-order valence-corrected chi connectivity index (χ0v) is 19.6. The standard InChI is InChI=1S/C26H32FNO5/c1-16(2)31-24-9-8-18(13-22(24)27)10-11-26(19-6-4-5-7-19)15-23(29)21(25(30)32-26)14-20-12-17(3)33-28-20/h8-9,12-13,16,19,21H,4-7,10-11,14-15H2,1-3H3. The molecule has 2 atom stereocenters. The predicted molar refractivity (Wildman–Crippen MR) is 119 cm³/mol. The van der Waals surface area contributed by atoms with Gasteiger partial charge >= 0.3 is 5.97 Å². The van der Waals surface area contributed by atoms with Crippen LogP contribution in [0.5, 0.6) is 5.75 Å². The molecule has 2 aromatic rings. The molecule has 4 rings (SSSR count). The van der Waals surface area contributed by atoms with E-state index in [0.29, 0.717) is 24.3 Å². The molecule has 33 heavy (non-hydrogen) atoms. The van der Waals surface area contributed by atoms with E-state index in [1.165, 1.54) is 6.07 Å². The number of aromatic nitrogens is 1. The summed E-state index contributed by atoms with van der Waals surface area (Å²) in [7, 11) is 0. The van der Waals surface area contributed by atoms with E-state index >= 15 is 0 Å². The van der Waals surface area contributed by atoms with Gasteiger partial charge in [0.05, 0.1) is 11.8 Å². The fourth-order valence-corrected chi connectivity index (χ4v) is 5.21. The molecule has 1 saturated heterocycles. The van der Waals surface area contributed by atoms with Gasteiger partial charge in [0.2, 0.25) is 0 Å². The van der Waals surface area contributed by atoms with Crippen molar-refractivity contribution in [3.63, 3.8) is 0 Å². The number of hydrogen-bond donors (Lipinski definition) is 0. The van der Waals surface area contributed by atoms with E-state index in [1.54, 1.807) is 19.1 Å². The average molecular weight is 458 g/mol. The maximum absolute atomic E-state index is 14.5. The number of Topliss-reactive ketones (excluding diaryl/α,β-unsaturated/α-hetero) is 1. The van der Waals surface area contributed by atoms with Crippen molar-refractivity contribution in [3.8, 4) is 5.75 Å². The largest absolute Gasteiger partial charge is 0.488 e. The normalized spacial score (nSPS) is 23.8. The molecule has 2 unspecified atom stereocenters. The quantitative estimate of drug-likeness (QED) is 0.403. The lowest BCUT2D eigenvalue weighted by atomic mass is 9.73. The summed E-state index contributed by atoms with van der Waals surface area (Å²) in [5, 5.41) is 3.92. The number of nitrogens with zero attached hydrogens (tertiary/aromatic N) is 1. The van der Waals surface area contributed by atoms with E-state index in [0.717, 1.165) is 31.2 Å². The lowest BCUT2D eigenvalue weighted by molar-refractivity contribution is -0.185. The predicted octanol–water partition coefficient (Wildman–Crippen LogP) is 5.15. The monoisotopic (exact) mass is 457 g/mol. The molecule has 2 heterocycles. The summed E-state index contributed by atoms with van der Waals surface area (Å²) in [5.41, 5.74) is 0.546. The zero-order valence-electron chi connectivity index (χ0n) is 19.6. The third kappa shape index (κ3) is 5.28. The average Bonchev–Trinajstić information content (AvgIpc) is 3.43. The van der Waals surface area contributed by atoms with Crippen LogP contribution in [0.2, 0.25) is 0 Å². The van der Waals surface area contributed by atoms with E-state index in [1.807, 2.05) is 19.9 Å². The Kier molecular flexibility index (Phi) is 6.86. The zero-order chi connectivity index (χ0) is 23.6. The highest BCUT2D eigenvalue weighted by molar-refractivity contribution is 6.01. The molecule has 1 aliphatic heterocycles. The van der Waals surface area contributed by atoms with Gasteiger partial charge in [-0.25, -0.2) is 4.39 Å². The van der Waals surface area contributed by atoms with Gasteiger partial charge in [-0.1, -0.05) is 24.1 Å². The SMILES string of the molecule is Cc1cc(CC2C(=O)CC(CCc3ccc(OC(C)C)c(F)c3)(C3CCCC3)OC2=O)no1. The van der Waals surface area contributed by atoms with Crippen LogP contribution in [0.3, 0.4) is 0 Å². The first kappa shape index (κ1) is 23.5. The van der Waals surface area contributed by atoms with Crippen molar-refractivity contribution in [2.24, 2.45) is 11.8 Å². The van der Waals surface area contributed by atoms with Crippen LogP contribution in [-0.4, -0.2) is 28.6 Å². The number of aryl methyl sites for hydroxylation is 2. The van der Waals surface area contributed by atoms with Crippen molar-refractivity contribution in [1.29, 1.82) is 0 Å². The Morgan fingerprint density at radius 3 is 2.58 bits per heavy atom. The minimum Gasteiger partial charge on any atom is -0.488 e. The summed E-state index contributed by atoms with van der Waals surface area (Å²) in [4.78, 5) is 26.2. The van der Waals surface area contributed by atoms with Crippen molar-refractivity contribution in [2.75, 3.05) is 0 Å². The van der Waals surface area contributed by atoms with Gasteiger partial charge in [0, 0.05) is 18.9 Å². The minimum absolute atomic E-state index is 0.106. The maximum atomic E-state index is 14.5. The number of halogens is 1. The number of hydrogen-bond acceptors (Lipinski definition) is 6. The summed E-state index contributed by atoms with van der Waals surface area (Å²) in [6.07, 6.45) is 5.29. The van der Waals surface area contributed by atoms with E-state index in [4.69, 9.17) is 14.0 Å². The van der Waals surface area contributed by atoms with E-state index in [-0.39, 0.29) is 36.4 Å². The van der Waals surface area contributed by atoms with Gasteiger partial charge in [-0.05, 0) is 70.1 Å². The molecule has 7 heteroatoms. The van der Waals surface area contributed by atoms with Crippen molar-refractivity contribution in [1.82, 2.24) is 5.16 Å². The second-order valence-corrected chi connectivity index (χ2v) is 9.73. The third-order valence-electron chi connectivity index (χ3n) is 6.84. The third-order valence-corrected chi connectivity index (χ3v) is 6.84. The Morgan fingerprint density at radius 1 is 1.21 bits per heavy atom. The fraction of sp³-hybridized carbons (Fsp3) is 0.577. The fourth-order valence-electron chi connectivity index (χ4n) is 5.21. The van der Waals surface area contributed by atoms with Crippen LogP contribution in [-0.2, 0) is 27.2 Å². The highest BCUT2D eigenvalue weighted by Gasteiger charge is 2.51. The Labute approximate surface area is 193 Å². The molecule has 0 bridgehead atoms. The topological polar surface area (TPSA) is 78.6 Å². The first-order valence-electron chi connectivity index (χ1n) is 11.9. The number of ketones is 1. The van der Waals surface area contributed by atoms with Gasteiger partial charge in [0.1, 0.15) is 17.3 Å². The number of rotatable bonds is 8. The second-order valence-electron chi connectivity index (χ2n) is 9.73. The summed E-state index contributed by atoms with van der Waals surface area (Å²) in [6, 6.07) is 6.69. The number of ether oxygens (including phenoxy) is 2. The lowest BCUT2D eigenvalue weighted by Gasteiger charge is -2.43. The Bertz CT molecular complexity index is 990. The number of carbonyl (C=O) groups is 2. The van der Waals surface area contributed by atoms with Gasteiger partial charge in [0.15, 0.2) is 17.3 Å². The molecule has 178 valence electrons. The molecular formula is C26H32FNO5. The number of esters is 1. The van der Waals surface area contributed by atoms with Gasteiger partial charge in [-0.3, -0.25) is 9.59 Å². The van der Waals surface area contributed by atoms with Crippen molar-refractivity contribution < 1.29 is 28.0 Å². The second kappa shape index (κ2) is 9.65. The Morgan fingerprint density at radius 2 is 1.97 bits per heavy atom. The molecule has 0 N–H and O–H groups in total. The smallest absolute Gasteiger partial charge is 0.317 e. The van der Waals surface area contributed by atoms with Crippen molar-refractivity contribution in [3.05, 3.63) is 47.1 Å². The first-order chi connectivity index (χ1) is 15.8. The number of carbonyl (C=O) groups excluding carboxylic acids is 2. The van der Waals surface area contributed by atoms with Crippen LogP contribution in [0.25, 0.3) is 0 Å².